The van der Waals surface area contributed by atoms with Gasteiger partial charge in [0.05, 0.1) is 12.7 Å². The predicted octanol–water partition coefficient (Wildman–Crippen LogP) is 4.31. The second kappa shape index (κ2) is 7.25. The van der Waals surface area contributed by atoms with E-state index in [-0.39, 0.29) is 5.56 Å². The number of hydrogen-bond donors (Lipinski definition) is 1. The van der Waals surface area contributed by atoms with Crippen LogP contribution in [0.2, 0.25) is 0 Å². The van der Waals surface area contributed by atoms with Crippen LogP contribution in [0.15, 0.2) is 75.9 Å². The highest BCUT2D eigenvalue weighted by atomic mass is 19.1. The number of carbonyl (C=O) groups excluding carboxylic acids is 1. The summed E-state index contributed by atoms with van der Waals surface area (Å²) < 4.78 is 23.9. The molecule has 0 aliphatic rings. The molecule has 0 bridgehead atoms. The van der Waals surface area contributed by atoms with Gasteiger partial charge in [0.15, 0.2) is 5.76 Å². The Morgan fingerprint density at radius 2 is 1.96 bits per heavy atom. The Hall–Kier alpha value is -3.74. The summed E-state index contributed by atoms with van der Waals surface area (Å²) in [7, 11) is 0. The number of hydrogen-bond acceptors (Lipinski definition) is 5. The van der Waals surface area contributed by atoms with Crippen LogP contribution in [-0.2, 0) is 6.42 Å². The largest absolute Gasteiger partial charge is 0.461 e. The molecule has 1 N–H and O–H groups in total. The highest BCUT2D eigenvalue weighted by molar-refractivity contribution is 6.04. The number of para-hydroxylation sites is 1. The molecule has 7 heteroatoms. The molecule has 0 spiro atoms. The van der Waals surface area contributed by atoms with Crippen LogP contribution in [0.25, 0.3) is 11.6 Å². The van der Waals surface area contributed by atoms with E-state index in [1.807, 2.05) is 12.1 Å². The first-order chi connectivity index (χ1) is 13.2. The summed E-state index contributed by atoms with van der Waals surface area (Å²) >= 11 is 0. The minimum absolute atomic E-state index is 0.239. The zero-order valence-electron chi connectivity index (χ0n) is 14.1. The normalized spacial score (nSPS) is 10.7. The molecule has 0 atom stereocenters. The van der Waals surface area contributed by atoms with E-state index in [0.29, 0.717) is 29.6 Å². The molecule has 0 saturated carbocycles. The lowest BCUT2D eigenvalue weighted by molar-refractivity contribution is 0.102. The zero-order chi connectivity index (χ0) is 18.6. The highest BCUT2D eigenvalue weighted by Crippen LogP contribution is 2.22. The summed E-state index contributed by atoms with van der Waals surface area (Å²) in [4.78, 5) is 16.7. The second-order valence-corrected chi connectivity index (χ2v) is 5.79. The molecule has 134 valence electrons. The van der Waals surface area contributed by atoms with Crippen molar-refractivity contribution in [2.24, 2.45) is 0 Å². The smallest absolute Gasteiger partial charge is 0.255 e. The maximum absolute atomic E-state index is 13.3. The van der Waals surface area contributed by atoms with Crippen LogP contribution < -0.4 is 5.32 Å². The number of carbonyl (C=O) groups is 1. The van der Waals surface area contributed by atoms with E-state index in [0.717, 1.165) is 5.56 Å². The zero-order valence-corrected chi connectivity index (χ0v) is 14.1. The molecule has 4 aromatic rings. The Kier molecular flexibility index (Phi) is 4.49. The fraction of sp³-hybridized carbons (Fsp3) is 0.0500. The van der Waals surface area contributed by atoms with Gasteiger partial charge < -0.3 is 14.3 Å². The van der Waals surface area contributed by atoms with Gasteiger partial charge in [0.1, 0.15) is 5.82 Å². The molecule has 4 rings (SSSR count). The van der Waals surface area contributed by atoms with Crippen LogP contribution >= 0.6 is 0 Å². The fourth-order valence-corrected chi connectivity index (χ4v) is 2.62. The highest BCUT2D eigenvalue weighted by Gasteiger charge is 2.14. The third-order valence-electron chi connectivity index (χ3n) is 3.90. The van der Waals surface area contributed by atoms with Crippen molar-refractivity contribution in [3.63, 3.8) is 0 Å². The monoisotopic (exact) mass is 363 g/mol. The van der Waals surface area contributed by atoms with Gasteiger partial charge in [-0.2, -0.15) is 4.98 Å². The average Bonchev–Trinajstić information content (AvgIpc) is 3.35. The molecule has 0 radical (unpaired) electrons. The van der Waals surface area contributed by atoms with Crippen LogP contribution in [0.1, 0.15) is 21.8 Å². The van der Waals surface area contributed by atoms with Crippen LogP contribution in [-0.4, -0.2) is 16.0 Å². The second-order valence-electron chi connectivity index (χ2n) is 5.79. The van der Waals surface area contributed by atoms with Gasteiger partial charge in [-0.3, -0.25) is 4.79 Å². The van der Waals surface area contributed by atoms with E-state index in [1.54, 1.807) is 30.3 Å². The fourth-order valence-electron chi connectivity index (χ4n) is 2.62. The molecule has 2 aromatic heterocycles. The van der Waals surface area contributed by atoms with Crippen molar-refractivity contribution in [3.8, 4) is 11.6 Å². The van der Waals surface area contributed by atoms with Crippen molar-refractivity contribution >= 4 is 11.6 Å². The number of aromatic nitrogens is 2. The lowest BCUT2D eigenvalue weighted by Crippen LogP contribution is -2.13. The predicted molar refractivity (Wildman–Crippen MR) is 95.6 cm³/mol. The molecule has 0 fully saturated rings. The number of halogens is 1. The van der Waals surface area contributed by atoms with Crippen LogP contribution in [0.3, 0.4) is 0 Å². The minimum atomic E-state index is -0.466. The molecule has 27 heavy (non-hydrogen) atoms. The molecule has 0 saturated heterocycles. The number of amides is 1. The molecular formula is C20H14FN3O3. The number of nitrogens with zero attached hydrogens (tertiary/aromatic N) is 2. The lowest BCUT2D eigenvalue weighted by Gasteiger charge is -2.10. The number of anilines is 1. The first kappa shape index (κ1) is 16.7. The number of furan rings is 1. The third kappa shape index (κ3) is 3.77. The Labute approximate surface area is 153 Å². The van der Waals surface area contributed by atoms with E-state index in [9.17, 15) is 9.18 Å². The molecule has 1 amide bonds. The summed E-state index contributed by atoms with van der Waals surface area (Å²) in [6, 6.07) is 16.2. The molecule has 2 aromatic carbocycles. The quantitative estimate of drug-likeness (QED) is 0.571. The molecule has 2 heterocycles. The van der Waals surface area contributed by atoms with E-state index in [2.05, 4.69) is 15.5 Å². The van der Waals surface area contributed by atoms with Crippen molar-refractivity contribution in [2.45, 2.75) is 6.42 Å². The Morgan fingerprint density at radius 1 is 1.07 bits per heavy atom. The van der Waals surface area contributed by atoms with E-state index in [4.69, 9.17) is 8.94 Å². The van der Waals surface area contributed by atoms with Crippen molar-refractivity contribution < 1.29 is 18.1 Å². The van der Waals surface area contributed by atoms with Gasteiger partial charge in [-0.25, -0.2) is 4.39 Å². The Balaban J connectivity index is 1.54. The maximum atomic E-state index is 13.3. The number of benzene rings is 2. The summed E-state index contributed by atoms with van der Waals surface area (Å²) in [5, 5.41) is 6.69. The first-order valence-corrected chi connectivity index (χ1v) is 8.20. The van der Waals surface area contributed by atoms with E-state index < -0.39 is 11.7 Å². The minimum Gasteiger partial charge on any atom is -0.461 e. The lowest BCUT2D eigenvalue weighted by atomic mass is 10.1. The van der Waals surface area contributed by atoms with E-state index in [1.165, 1.54) is 24.5 Å². The summed E-state index contributed by atoms with van der Waals surface area (Å²) in [5.41, 5.74) is 1.61. The van der Waals surface area contributed by atoms with Gasteiger partial charge in [-0.05, 0) is 42.0 Å². The summed E-state index contributed by atoms with van der Waals surface area (Å²) in [6.07, 6.45) is 1.86. The van der Waals surface area contributed by atoms with Crippen molar-refractivity contribution in [3.05, 3.63) is 89.8 Å². The van der Waals surface area contributed by atoms with Crippen molar-refractivity contribution in [2.75, 3.05) is 5.32 Å². The molecule has 0 aliphatic heterocycles. The number of nitrogens with one attached hydrogen (secondary N) is 1. The molecule has 0 unspecified atom stereocenters. The molecular weight excluding hydrogens is 349 g/mol. The van der Waals surface area contributed by atoms with Crippen LogP contribution in [0.5, 0.6) is 0 Å². The SMILES string of the molecule is O=C(Nc1ccccc1Cc1nc(-c2ccco2)no1)c1cccc(F)c1. The van der Waals surface area contributed by atoms with Gasteiger partial charge in [0, 0.05) is 11.3 Å². The van der Waals surface area contributed by atoms with Gasteiger partial charge in [0.25, 0.3) is 5.91 Å². The van der Waals surface area contributed by atoms with Gasteiger partial charge in [-0.15, -0.1) is 0 Å². The summed E-state index contributed by atoms with van der Waals surface area (Å²) in [5.74, 6) is 0.388. The Morgan fingerprint density at radius 3 is 2.78 bits per heavy atom. The topological polar surface area (TPSA) is 81.2 Å². The van der Waals surface area contributed by atoms with E-state index >= 15 is 0 Å². The standard InChI is InChI=1S/C20H14FN3O3/c21-15-7-3-6-14(11-15)20(25)22-16-8-2-1-5-13(16)12-18-23-19(24-27-18)17-9-4-10-26-17/h1-11H,12H2,(H,22,25). The first-order valence-electron chi connectivity index (χ1n) is 8.20. The van der Waals surface area contributed by atoms with Crippen molar-refractivity contribution in [1.29, 1.82) is 0 Å². The molecule has 6 nitrogen and oxygen atoms in total. The van der Waals surface area contributed by atoms with Crippen LogP contribution in [0.4, 0.5) is 10.1 Å². The average molecular weight is 363 g/mol. The Bertz CT molecular complexity index is 1070. The van der Waals surface area contributed by atoms with Gasteiger partial charge >= 0.3 is 0 Å². The van der Waals surface area contributed by atoms with Gasteiger partial charge in [0.2, 0.25) is 11.7 Å². The van der Waals surface area contributed by atoms with Crippen LogP contribution in [0, 0.1) is 5.82 Å². The maximum Gasteiger partial charge on any atom is 0.255 e. The van der Waals surface area contributed by atoms with Crippen molar-refractivity contribution in [1.82, 2.24) is 10.1 Å². The molecule has 0 aliphatic carbocycles. The van der Waals surface area contributed by atoms with Gasteiger partial charge in [-0.1, -0.05) is 29.4 Å². The number of rotatable bonds is 5. The third-order valence-corrected chi connectivity index (χ3v) is 3.90. The summed E-state index contributed by atoms with van der Waals surface area (Å²) in [6.45, 7) is 0.